The Balaban J connectivity index is 2.47. The zero-order chi connectivity index (χ0) is 9.26. The van der Waals surface area contributed by atoms with Gasteiger partial charge in [-0.05, 0) is 23.8 Å². The van der Waals surface area contributed by atoms with Gasteiger partial charge in [-0.15, -0.1) is 0 Å². The molecule has 0 atom stereocenters. The SMILES string of the molecule is Cn1nccc1-c1ccc(Br)cc1. The van der Waals surface area contributed by atoms with Crippen molar-refractivity contribution in [3.63, 3.8) is 0 Å². The lowest BCUT2D eigenvalue weighted by Gasteiger charge is -2.01. The van der Waals surface area contributed by atoms with Crippen LogP contribution in [0.5, 0.6) is 0 Å². The topological polar surface area (TPSA) is 17.8 Å². The molecule has 1 aromatic carbocycles. The molecule has 2 rings (SSSR count). The standard InChI is InChI=1S/C10H9BrN2/c1-13-10(6-7-12-13)8-2-4-9(11)5-3-8/h2-7H,1H3. The third-order valence-corrected chi connectivity index (χ3v) is 2.49. The second kappa shape index (κ2) is 3.34. The van der Waals surface area contributed by atoms with Crippen LogP contribution in [0.4, 0.5) is 0 Å². The maximum atomic E-state index is 4.12. The normalized spacial score (nSPS) is 10.3. The Morgan fingerprint density at radius 3 is 2.38 bits per heavy atom. The monoisotopic (exact) mass is 236 g/mol. The lowest BCUT2D eigenvalue weighted by atomic mass is 10.1. The van der Waals surface area contributed by atoms with Crippen molar-refractivity contribution in [3.05, 3.63) is 41.0 Å². The molecule has 0 aliphatic carbocycles. The Kier molecular flexibility index (Phi) is 2.19. The fourth-order valence-corrected chi connectivity index (χ4v) is 1.54. The van der Waals surface area contributed by atoms with Crippen LogP contribution < -0.4 is 0 Å². The number of benzene rings is 1. The van der Waals surface area contributed by atoms with Gasteiger partial charge < -0.3 is 0 Å². The van der Waals surface area contributed by atoms with Gasteiger partial charge in [-0.1, -0.05) is 28.1 Å². The van der Waals surface area contributed by atoms with E-state index in [2.05, 4.69) is 33.2 Å². The summed E-state index contributed by atoms with van der Waals surface area (Å²) >= 11 is 3.40. The van der Waals surface area contributed by atoms with E-state index in [0.29, 0.717) is 0 Å². The number of nitrogens with zero attached hydrogens (tertiary/aromatic N) is 2. The van der Waals surface area contributed by atoms with E-state index in [1.165, 1.54) is 5.56 Å². The predicted octanol–water partition coefficient (Wildman–Crippen LogP) is 2.85. The summed E-state index contributed by atoms with van der Waals surface area (Å²) in [4.78, 5) is 0. The van der Waals surface area contributed by atoms with Crippen molar-refractivity contribution in [1.29, 1.82) is 0 Å². The van der Waals surface area contributed by atoms with Gasteiger partial charge in [0.1, 0.15) is 0 Å². The maximum Gasteiger partial charge on any atom is 0.0678 e. The fraction of sp³-hybridized carbons (Fsp3) is 0.100. The largest absolute Gasteiger partial charge is 0.268 e. The van der Waals surface area contributed by atoms with E-state index in [1.54, 1.807) is 6.20 Å². The molecule has 66 valence electrons. The molecule has 0 aliphatic heterocycles. The van der Waals surface area contributed by atoms with Crippen LogP contribution in [0.1, 0.15) is 0 Å². The van der Waals surface area contributed by atoms with Crippen LogP contribution >= 0.6 is 15.9 Å². The Morgan fingerprint density at radius 1 is 1.15 bits per heavy atom. The van der Waals surface area contributed by atoms with Crippen LogP contribution in [-0.2, 0) is 7.05 Å². The highest BCUT2D eigenvalue weighted by atomic mass is 79.9. The van der Waals surface area contributed by atoms with E-state index in [0.717, 1.165) is 10.2 Å². The average Bonchev–Trinajstić information content (AvgIpc) is 2.53. The van der Waals surface area contributed by atoms with Crippen molar-refractivity contribution in [2.45, 2.75) is 0 Å². The lowest BCUT2D eigenvalue weighted by Crippen LogP contribution is -1.92. The van der Waals surface area contributed by atoms with Gasteiger partial charge >= 0.3 is 0 Å². The minimum atomic E-state index is 1.10. The summed E-state index contributed by atoms with van der Waals surface area (Å²) in [7, 11) is 1.94. The first-order valence-corrected chi connectivity index (χ1v) is 4.80. The van der Waals surface area contributed by atoms with Gasteiger partial charge in [0, 0.05) is 17.7 Å². The number of aryl methyl sites for hydroxylation is 1. The third-order valence-electron chi connectivity index (χ3n) is 1.96. The summed E-state index contributed by atoms with van der Waals surface area (Å²) in [6.45, 7) is 0. The Labute approximate surface area is 85.3 Å². The summed E-state index contributed by atoms with van der Waals surface area (Å²) in [6.07, 6.45) is 1.80. The summed E-state index contributed by atoms with van der Waals surface area (Å²) in [5, 5.41) is 4.12. The predicted molar refractivity (Wildman–Crippen MR) is 56.3 cm³/mol. The zero-order valence-electron chi connectivity index (χ0n) is 7.24. The molecule has 2 nitrogen and oxygen atoms in total. The highest BCUT2D eigenvalue weighted by Crippen LogP contribution is 2.20. The number of hydrogen-bond acceptors (Lipinski definition) is 1. The molecular weight excluding hydrogens is 228 g/mol. The highest BCUT2D eigenvalue weighted by molar-refractivity contribution is 9.10. The molecule has 0 aliphatic rings. The summed E-state index contributed by atoms with van der Waals surface area (Å²) in [6, 6.07) is 10.2. The summed E-state index contributed by atoms with van der Waals surface area (Å²) in [5.41, 5.74) is 2.32. The molecule has 0 N–H and O–H groups in total. The van der Waals surface area contributed by atoms with Crippen LogP contribution in [0, 0.1) is 0 Å². The molecule has 0 bridgehead atoms. The first kappa shape index (κ1) is 8.51. The molecule has 0 saturated carbocycles. The number of hydrogen-bond donors (Lipinski definition) is 0. The quantitative estimate of drug-likeness (QED) is 0.745. The Hall–Kier alpha value is -1.09. The molecule has 3 heteroatoms. The Bertz CT molecular complexity index is 403. The van der Waals surface area contributed by atoms with Crippen LogP contribution in [0.25, 0.3) is 11.3 Å². The minimum absolute atomic E-state index is 1.10. The van der Waals surface area contributed by atoms with E-state index >= 15 is 0 Å². The van der Waals surface area contributed by atoms with Crippen molar-refractivity contribution >= 4 is 15.9 Å². The molecule has 2 aromatic rings. The molecule has 0 fully saturated rings. The highest BCUT2D eigenvalue weighted by Gasteiger charge is 2.00. The molecule has 13 heavy (non-hydrogen) atoms. The zero-order valence-corrected chi connectivity index (χ0v) is 8.82. The second-order valence-electron chi connectivity index (χ2n) is 2.85. The number of halogens is 1. The van der Waals surface area contributed by atoms with Crippen molar-refractivity contribution in [1.82, 2.24) is 9.78 Å². The third kappa shape index (κ3) is 1.65. The van der Waals surface area contributed by atoms with Gasteiger partial charge in [-0.3, -0.25) is 4.68 Å². The number of aromatic nitrogens is 2. The molecule has 1 heterocycles. The maximum absolute atomic E-state index is 4.12. The molecule has 0 amide bonds. The van der Waals surface area contributed by atoms with Crippen LogP contribution in [0.15, 0.2) is 41.0 Å². The van der Waals surface area contributed by atoms with E-state index in [4.69, 9.17) is 0 Å². The van der Waals surface area contributed by atoms with Crippen molar-refractivity contribution in [3.8, 4) is 11.3 Å². The fourth-order valence-electron chi connectivity index (χ4n) is 1.28. The van der Waals surface area contributed by atoms with Crippen molar-refractivity contribution < 1.29 is 0 Å². The number of rotatable bonds is 1. The Morgan fingerprint density at radius 2 is 1.85 bits per heavy atom. The molecule has 0 unspecified atom stereocenters. The molecule has 0 spiro atoms. The average molecular weight is 237 g/mol. The first-order valence-electron chi connectivity index (χ1n) is 4.01. The molecule has 1 aromatic heterocycles. The minimum Gasteiger partial charge on any atom is -0.268 e. The first-order chi connectivity index (χ1) is 6.27. The van der Waals surface area contributed by atoms with Gasteiger partial charge in [-0.2, -0.15) is 5.10 Å². The van der Waals surface area contributed by atoms with Gasteiger partial charge in [0.2, 0.25) is 0 Å². The summed E-state index contributed by atoms with van der Waals surface area (Å²) < 4.78 is 2.96. The van der Waals surface area contributed by atoms with Gasteiger partial charge in [-0.25, -0.2) is 0 Å². The van der Waals surface area contributed by atoms with Gasteiger partial charge in [0.25, 0.3) is 0 Å². The van der Waals surface area contributed by atoms with Crippen molar-refractivity contribution in [2.75, 3.05) is 0 Å². The second-order valence-corrected chi connectivity index (χ2v) is 3.76. The van der Waals surface area contributed by atoms with E-state index in [-0.39, 0.29) is 0 Å². The molecule has 0 radical (unpaired) electrons. The van der Waals surface area contributed by atoms with E-state index in [1.807, 2.05) is 29.9 Å². The van der Waals surface area contributed by atoms with Crippen molar-refractivity contribution in [2.24, 2.45) is 7.05 Å². The van der Waals surface area contributed by atoms with Gasteiger partial charge in [0.15, 0.2) is 0 Å². The van der Waals surface area contributed by atoms with Crippen LogP contribution in [0.2, 0.25) is 0 Å². The van der Waals surface area contributed by atoms with Crippen LogP contribution in [-0.4, -0.2) is 9.78 Å². The summed E-state index contributed by atoms with van der Waals surface area (Å²) in [5.74, 6) is 0. The molecule has 0 saturated heterocycles. The van der Waals surface area contributed by atoms with Crippen LogP contribution in [0.3, 0.4) is 0 Å². The van der Waals surface area contributed by atoms with E-state index < -0.39 is 0 Å². The molecular formula is C10H9BrN2. The van der Waals surface area contributed by atoms with E-state index in [9.17, 15) is 0 Å². The lowest BCUT2D eigenvalue weighted by molar-refractivity contribution is 0.776. The smallest absolute Gasteiger partial charge is 0.0678 e. The van der Waals surface area contributed by atoms with Gasteiger partial charge in [0.05, 0.1) is 5.69 Å².